The van der Waals surface area contributed by atoms with Crippen molar-refractivity contribution >= 4 is 11.6 Å². The molecule has 0 bridgehead atoms. The molecule has 0 saturated heterocycles. The van der Waals surface area contributed by atoms with Gasteiger partial charge in [-0.1, -0.05) is 0 Å². The zero-order chi connectivity index (χ0) is 11.3. The molecule has 4 nitrogen and oxygen atoms in total. The Labute approximate surface area is 91.5 Å². The van der Waals surface area contributed by atoms with Gasteiger partial charge in [0.25, 0.3) is 0 Å². The van der Waals surface area contributed by atoms with Crippen molar-refractivity contribution in [2.24, 2.45) is 0 Å². The standard InChI is InChI=1S/C11H20N4/c1-9-7-10(12)14-11(8-9)13-5-4-6-15(2)3/h7-8H,4-6H2,1-3H3,(H3,12,13,14). The quantitative estimate of drug-likeness (QED) is 0.717. The molecule has 4 heteroatoms. The number of aryl methyl sites for hydroxylation is 1. The lowest BCUT2D eigenvalue weighted by Gasteiger charge is -2.10. The molecule has 1 aromatic rings. The van der Waals surface area contributed by atoms with Crippen molar-refractivity contribution in [3.05, 3.63) is 17.7 Å². The number of hydrogen-bond donors (Lipinski definition) is 2. The second-order valence-electron chi connectivity index (χ2n) is 4.04. The second kappa shape index (κ2) is 5.56. The molecule has 0 fully saturated rings. The van der Waals surface area contributed by atoms with Crippen LogP contribution in [-0.2, 0) is 0 Å². The van der Waals surface area contributed by atoms with E-state index in [-0.39, 0.29) is 0 Å². The summed E-state index contributed by atoms with van der Waals surface area (Å²) in [6.07, 6.45) is 1.10. The first-order valence-corrected chi connectivity index (χ1v) is 5.20. The lowest BCUT2D eigenvalue weighted by atomic mass is 10.3. The molecule has 0 aliphatic carbocycles. The molecule has 1 heterocycles. The first-order chi connectivity index (χ1) is 7.08. The van der Waals surface area contributed by atoms with Crippen LogP contribution in [0.1, 0.15) is 12.0 Å². The summed E-state index contributed by atoms with van der Waals surface area (Å²) in [4.78, 5) is 6.37. The van der Waals surface area contributed by atoms with Gasteiger partial charge in [0.2, 0.25) is 0 Å². The summed E-state index contributed by atoms with van der Waals surface area (Å²) in [5.74, 6) is 1.44. The maximum Gasteiger partial charge on any atom is 0.128 e. The van der Waals surface area contributed by atoms with Crippen molar-refractivity contribution in [2.45, 2.75) is 13.3 Å². The van der Waals surface area contributed by atoms with E-state index in [0.717, 1.165) is 30.9 Å². The van der Waals surface area contributed by atoms with Gasteiger partial charge in [0, 0.05) is 6.54 Å². The van der Waals surface area contributed by atoms with E-state index >= 15 is 0 Å². The molecule has 84 valence electrons. The Morgan fingerprint density at radius 1 is 1.40 bits per heavy atom. The van der Waals surface area contributed by atoms with Gasteiger partial charge in [-0.15, -0.1) is 0 Å². The Bertz CT molecular complexity index is 289. The smallest absolute Gasteiger partial charge is 0.128 e. The van der Waals surface area contributed by atoms with E-state index < -0.39 is 0 Å². The molecule has 0 unspecified atom stereocenters. The number of nitrogen functional groups attached to an aromatic ring is 1. The third-order valence-corrected chi connectivity index (χ3v) is 2.08. The van der Waals surface area contributed by atoms with E-state index in [2.05, 4.69) is 29.3 Å². The molecular formula is C11H20N4. The van der Waals surface area contributed by atoms with Gasteiger partial charge < -0.3 is 16.0 Å². The summed E-state index contributed by atoms with van der Waals surface area (Å²) in [7, 11) is 4.14. The Kier molecular flexibility index (Phi) is 4.37. The Balaban J connectivity index is 2.37. The highest BCUT2D eigenvalue weighted by atomic mass is 15.1. The van der Waals surface area contributed by atoms with Crippen molar-refractivity contribution in [1.29, 1.82) is 0 Å². The van der Waals surface area contributed by atoms with Gasteiger partial charge >= 0.3 is 0 Å². The van der Waals surface area contributed by atoms with E-state index in [1.807, 2.05) is 19.1 Å². The van der Waals surface area contributed by atoms with Crippen LogP contribution in [0.25, 0.3) is 0 Å². The van der Waals surface area contributed by atoms with Crippen molar-refractivity contribution in [3.63, 3.8) is 0 Å². The Morgan fingerprint density at radius 2 is 2.13 bits per heavy atom. The van der Waals surface area contributed by atoms with Crippen molar-refractivity contribution < 1.29 is 0 Å². The number of hydrogen-bond acceptors (Lipinski definition) is 4. The highest BCUT2D eigenvalue weighted by molar-refractivity contribution is 5.45. The maximum absolute atomic E-state index is 5.65. The van der Waals surface area contributed by atoms with Crippen LogP contribution in [0.2, 0.25) is 0 Å². The van der Waals surface area contributed by atoms with Crippen LogP contribution >= 0.6 is 0 Å². The molecule has 15 heavy (non-hydrogen) atoms. The fourth-order valence-corrected chi connectivity index (χ4v) is 1.40. The molecule has 1 rings (SSSR count). The average Bonchev–Trinajstić information content (AvgIpc) is 2.10. The topological polar surface area (TPSA) is 54.2 Å². The predicted octanol–water partition coefficient (Wildman–Crippen LogP) is 1.34. The van der Waals surface area contributed by atoms with Crippen molar-refractivity contribution in [3.8, 4) is 0 Å². The molecule has 0 radical (unpaired) electrons. The summed E-state index contributed by atoms with van der Waals surface area (Å²) in [5, 5.41) is 3.26. The fraction of sp³-hybridized carbons (Fsp3) is 0.545. The minimum Gasteiger partial charge on any atom is -0.384 e. The number of aromatic nitrogens is 1. The summed E-state index contributed by atoms with van der Waals surface area (Å²) >= 11 is 0. The van der Waals surface area contributed by atoms with Crippen molar-refractivity contribution in [1.82, 2.24) is 9.88 Å². The molecule has 0 amide bonds. The lowest BCUT2D eigenvalue weighted by molar-refractivity contribution is 0.405. The normalized spacial score (nSPS) is 10.7. The van der Waals surface area contributed by atoms with Gasteiger partial charge in [-0.05, 0) is 51.7 Å². The molecule has 0 aromatic carbocycles. The van der Waals surface area contributed by atoms with E-state index in [0.29, 0.717) is 5.82 Å². The molecule has 0 saturated carbocycles. The van der Waals surface area contributed by atoms with E-state index in [9.17, 15) is 0 Å². The van der Waals surface area contributed by atoms with Crippen LogP contribution in [0, 0.1) is 6.92 Å². The number of rotatable bonds is 5. The number of nitrogens with zero attached hydrogens (tertiary/aromatic N) is 2. The van der Waals surface area contributed by atoms with Crippen LogP contribution in [-0.4, -0.2) is 37.1 Å². The van der Waals surface area contributed by atoms with Gasteiger partial charge in [0.15, 0.2) is 0 Å². The van der Waals surface area contributed by atoms with Crippen LogP contribution in [0.15, 0.2) is 12.1 Å². The molecule has 0 aliphatic rings. The zero-order valence-electron chi connectivity index (χ0n) is 9.75. The summed E-state index contributed by atoms with van der Waals surface area (Å²) < 4.78 is 0. The SMILES string of the molecule is Cc1cc(N)nc(NCCCN(C)C)c1. The van der Waals surface area contributed by atoms with Crippen LogP contribution < -0.4 is 11.1 Å². The summed E-state index contributed by atoms with van der Waals surface area (Å²) in [5.41, 5.74) is 6.79. The van der Waals surface area contributed by atoms with Crippen LogP contribution in [0.4, 0.5) is 11.6 Å². The molecule has 3 N–H and O–H groups in total. The Morgan fingerprint density at radius 3 is 2.73 bits per heavy atom. The third kappa shape index (κ3) is 4.65. The van der Waals surface area contributed by atoms with Gasteiger partial charge in [-0.25, -0.2) is 4.98 Å². The maximum atomic E-state index is 5.65. The molecule has 1 aromatic heterocycles. The number of pyridine rings is 1. The monoisotopic (exact) mass is 208 g/mol. The zero-order valence-corrected chi connectivity index (χ0v) is 9.75. The summed E-state index contributed by atoms with van der Waals surface area (Å²) in [6, 6.07) is 3.87. The van der Waals surface area contributed by atoms with Crippen molar-refractivity contribution in [2.75, 3.05) is 38.2 Å². The minimum atomic E-state index is 0.574. The van der Waals surface area contributed by atoms with Crippen LogP contribution in [0.3, 0.4) is 0 Å². The number of anilines is 2. The molecule has 0 atom stereocenters. The highest BCUT2D eigenvalue weighted by Gasteiger charge is 1.97. The average molecular weight is 208 g/mol. The first-order valence-electron chi connectivity index (χ1n) is 5.20. The van der Waals surface area contributed by atoms with E-state index in [4.69, 9.17) is 5.73 Å². The second-order valence-corrected chi connectivity index (χ2v) is 4.04. The first kappa shape index (κ1) is 11.8. The third-order valence-electron chi connectivity index (χ3n) is 2.08. The molecular weight excluding hydrogens is 188 g/mol. The van der Waals surface area contributed by atoms with Gasteiger partial charge in [-0.3, -0.25) is 0 Å². The van der Waals surface area contributed by atoms with Gasteiger partial charge in [-0.2, -0.15) is 0 Å². The fourth-order valence-electron chi connectivity index (χ4n) is 1.40. The highest BCUT2D eigenvalue weighted by Crippen LogP contribution is 2.10. The Hall–Kier alpha value is -1.29. The largest absolute Gasteiger partial charge is 0.384 e. The van der Waals surface area contributed by atoms with E-state index in [1.54, 1.807) is 0 Å². The van der Waals surface area contributed by atoms with Gasteiger partial charge in [0.1, 0.15) is 11.6 Å². The molecule has 0 aliphatic heterocycles. The molecule has 0 spiro atoms. The van der Waals surface area contributed by atoms with Crippen LogP contribution in [0.5, 0.6) is 0 Å². The van der Waals surface area contributed by atoms with Gasteiger partial charge in [0.05, 0.1) is 0 Å². The number of nitrogens with two attached hydrogens (primary N) is 1. The predicted molar refractivity (Wildman–Crippen MR) is 65.0 cm³/mol. The number of nitrogens with one attached hydrogen (secondary N) is 1. The lowest BCUT2D eigenvalue weighted by Crippen LogP contribution is -2.16. The summed E-state index contributed by atoms with van der Waals surface area (Å²) in [6.45, 7) is 4.02. The minimum absolute atomic E-state index is 0.574. The van der Waals surface area contributed by atoms with E-state index in [1.165, 1.54) is 0 Å².